The highest BCUT2D eigenvalue weighted by Crippen LogP contribution is 2.34. The van der Waals surface area contributed by atoms with Gasteiger partial charge in [0.2, 0.25) is 0 Å². The second-order valence-corrected chi connectivity index (χ2v) is 12.1. The van der Waals surface area contributed by atoms with Gasteiger partial charge in [-0.05, 0) is 41.3 Å². The number of nitrogens with one attached hydrogen (secondary N) is 1. The lowest BCUT2D eigenvalue weighted by Gasteiger charge is -2.14. The molecular formula is C33H27Cl2N5O3. The Morgan fingerprint density at radius 2 is 1.70 bits per heavy atom. The molecule has 0 aliphatic rings. The maximum Gasteiger partial charge on any atom is 0.268 e. The topological polar surface area (TPSA) is 103 Å². The third kappa shape index (κ3) is 5.89. The highest BCUT2D eigenvalue weighted by atomic mass is 35.5. The van der Waals surface area contributed by atoms with Crippen LogP contribution in [-0.2, 0) is 23.1 Å². The molecule has 0 fully saturated rings. The maximum absolute atomic E-state index is 13.6. The number of carbonyl (C=O) groups is 1. The Balaban J connectivity index is 1.31. The van der Waals surface area contributed by atoms with E-state index in [-0.39, 0.29) is 29.6 Å². The number of ether oxygens (including phenoxy) is 1. The molecule has 0 saturated carbocycles. The number of benzene rings is 3. The molecular weight excluding hydrogens is 585 g/mol. The van der Waals surface area contributed by atoms with E-state index in [1.807, 2.05) is 48.5 Å². The second-order valence-electron chi connectivity index (χ2n) is 11.3. The number of hydrogen-bond donors (Lipinski definition) is 1. The third-order valence-electron chi connectivity index (χ3n) is 7.10. The summed E-state index contributed by atoms with van der Waals surface area (Å²) < 4.78 is 8.05. The molecule has 0 amide bonds. The van der Waals surface area contributed by atoms with Gasteiger partial charge in [0.15, 0.2) is 11.4 Å². The van der Waals surface area contributed by atoms with Gasteiger partial charge in [-0.25, -0.2) is 14.6 Å². The van der Waals surface area contributed by atoms with Gasteiger partial charge in [-0.15, -0.1) is 0 Å². The van der Waals surface area contributed by atoms with Crippen LogP contribution in [0.5, 0.6) is 11.5 Å². The van der Waals surface area contributed by atoms with Crippen molar-refractivity contribution >= 4 is 50.9 Å². The number of nitrogens with zero attached hydrogens (tertiary/aromatic N) is 4. The van der Waals surface area contributed by atoms with Crippen molar-refractivity contribution < 1.29 is 9.53 Å². The lowest BCUT2D eigenvalue weighted by molar-refractivity contribution is -0.117. The fourth-order valence-corrected chi connectivity index (χ4v) is 5.22. The van der Waals surface area contributed by atoms with Crippen molar-refractivity contribution in [2.75, 3.05) is 0 Å². The van der Waals surface area contributed by atoms with Gasteiger partial charge >= 0.3 is 0 Å². The molecule has 216 valence electrons. The van der Waals surface area contributed by atoms with E-state index in [1.54, 1.807) is 29.1 Å². The van der Waals surface area contributed by atoms with Crippen molar-refractivity contribution in [3.05, 3.63) is 116 Å². The van der Waals surface area contributed by atoms with Crippen LogP contribution in [0, 0.1) is 0 Å². The highest BCUT2D eigenvalue weighted by molar-refractivity contribution is 6.42. The van der Waals surface area contributed by atoms with Crippen LogP contribution in [0.3, 0.4) is 0 Å². The lowest BCUT2D eigenvalue weighted by Crippen LogP contribution is -2.13. The van der Waals surface area contributed by atoms with Crippen LogP contribution in [0.1, 0.15) is 37.7 Å². The Hall–Kier alpha value is -4.53. The maximum atomic E-state index is 13.6. The first kappa shape index (κ1) is 28.6. The van der Waals surface area contributed by atoms with Gasteiger partial charge in [0.25, 0.3) is 5.56 Å². The Labute approximate surface area is 257 Å². The van der Waals surface area contributed by atoms with Gasteiger partial charge in [-0.2, -0.15) is 5.10 Å². The number of aromatic amines is 1. The zero-order valence-electron chi connectivity index (χ0n) is 23.7. The van der Waals surface area contributed by atoms with Crippen molar-refractivity contribution in [1.82, 2.24) is 24.7 Å². The summed E-state index contributed by atoms with van der Waals surface area (Å²) in [7, 11) is 0. The fraction of sp³-hybridized carbons (Fsp3) is 0.182. The van der Waals surface area contributed by atoms with E-state index in [0.717, 1.165) is 33.4 Å². The summed E-state index contributed by atoms with van der Waals surface area (Å²) in [6.45, 7) is 6.25. The van der Waals surface area contributed by atoms with E-state index >= 15 is 0 Å². The van der Waals surface area contributed by atoms with Gasteiger partial charge in [0.05, 0.1) is 33.3 Å². The first-order valence-corrected chi connectivity index (χ1v) is 14.4. The summed E-state index contributed by atoms with van der Waals surface area (Å²) >= 11 is 12.5. The number of aromatic nitrogens is 5. The van der Waals surface area contributed by atoms with Crippen molar-refractivity contribution in [3.63, 3.8) is 0 Å². The number of H-pyrrole nitrogens is 1. The molecule has 1 N–H and O–H groups in total. The van der Waals surface area contributed by atoms with Gasteiger partial charge in [0, 0.05) is 35.9 Å². The minimum atomic E-state index is -0.341. The van der Waals surface area contributed by atoms with Crippen LogP contribution in [0.4, 0.5) is 0 Å². The molecule has 8 nitrogen and oxygen atoms in total. The molecule has 3 heterocycles. The number of hydrogen-bond acceptors (Lipinski definition) is 6. The van der Waals surface area contributed by atoms with Crippen molar-refractivity contribution in [2.45, 2.75) is 39.0 Å². The molecule has 10 heteroatoms. The zero-order chi connectivity index (χ0) is 30.3. The van der Waals surface area contributed by atoms with Gasteiger partial charge in [0.1, 0.15) is 17.0 Å². The largest absolute Gasteiger partial charge is 0.454 e. The van der Waals surface area contributed by atoms with Crippen LogP contribution in [0.2, 0.25) is 10.0 Å². The molecule has 0 spiro atoms. The quantitative estimate of drug-likeness (QED) is 0.202. The summed E-state index contributed by atoms with van der Waals surface area (Å²) in [5, 5.41) is 7.45. The molecule has 6 aromatic rings. The summed E-state index contributed by atoms with van der Waals surface area (Å²) in [5.74, 6) is 1.09. The summed E-state index contributed by atoms with van der Waals surface area (Å²) in [6, 6.07) is 20.5. The van der Waals surface area contributed by atoms with Crippen molar-refractivity contribution in [1.29, 1.82) is 0 Å². The van der Waals surface area contributed by atoms with Crippen LogP contribution in [0.25, 0.3) is 27.6 Å². The van der Waals surface area contributed by atoms with E-state index in [2.05, 4.69) is 35.7 Å². The van der Waals surface area contributed by atoms with E-state index in [4.69, 9.17) is 33.0 Å². The predicted molar refractivity (Wildman–Crippen MR) is 169 cm³/mol. The normalized spacial score (nSPS) is 11.7. The minimum absolute atomic E-state index is 0.0359. The standard InChI is InChI=1S/C33H27Cl2N5O3/c1-33(2,3)29-17-21(40(39-29)20-9-10-25(34)26(35)16-20)15-22(41)14-19-8-11-27(24-7-5-4-6-23(19)24)43-28-12-13-36-32-31(28)37-18-30(42)38-32/h4-13,16-18H,14-15H2,1-3H3,(H,36,38,42). The molecule has 0 aliphatic carbocycles. The Bertz CT molecular complexity index is 2080. The lowest BCUT2D eigenvalue weighted by atomic mass is 9.92. The molecule has 3 aromatic heterocycles. The van der Waals surface area contributed by atoms with E-state index < -0.39 is 0 Å². The third-order valence-corrected chi connectivity index (χ3v) is 7.84. The summed E-state index contributed by atoms with van der Waals surface area (Å²) in [4.78, 5) is 36.3. The molecule has 0 unspecified atom stereocenters. The molecule has 6 rings (SSSR count). The van der Waals surface area contributed by atoms with Crippen molar-refractivity contribution in [3.8, 4) is 17.2 Å². The number of carbonyl (C=O) groups excluding carboxylic acids is 1. The number of pyridine rings is 1. The molecule has 3 aromatic carbocycles. The monoisotopic (exact) mass is 611 g/mol. The van der Waals surface area contributed by atoms with E-state index in [9.17, 15) is 9.59 Å². The Morgan fingerprint density at radius 3 is 2.47 bits per heavy atom. The second kappa shape index (κ2) is 11.3. The van der Waals surface area contributed by atoms with Crippen LogP contribution in [-0.4, -0.2) is 30.5 Å². The fourth-order valence-electron chi connectivity index (χ4n) is 4.93. The summed E-state index contributed by atoms with van der Waals surface area (Å²) in [6.07, 6.45) is 3.15. The average molecular weight is 613 g/mol. The molecule has 0 radical (unpaired) electrons. The number of ketones is 1. The molecule has 0 saturated heterocycles. The smallest absolute Gasteiger partial charge is 0.268 e. The highest BCUT2D eigenvalue weighted by Gasteiger charge is 2.22. The first-order valence-electron chi connectivity index (χ1n) is 13.7. The van der Waals surface area contributed by atoms with Crippen LogP contribution >= 0.6 is 23.2 Å². The van der Waals surface area contributed by atoms with Gasteiger partial charge in [-0.1, -0.05) is 74.3 Å². The molecule has 0 aliphatic heterocycles. The van der Waals surface area contributed by atoms with E-state index in [0.29, 0.717) is 32.7 Å². The predicted octanol–water partition coefficient (Wildman–Crippen LogP) is 7.41. The number of fused-ring (bicyclic) bond motifs is 2. The Morgan fingerprint density at radius 1 is 0.907 bits per heavy atom. The average Bonchev–Trinajstić information content (AvgIpc) is 3.40. The molecule has 0 atom stereocenters. The number of halogens is 2. The van der Waals surface area contributed by atoms with E-state index in [1.165, 1.54) is 6.20 Å². The summed E-state index contributed by atoms with van der Waals surface area (Å²) in [5.41, 5.74) is 3.49. The SMILES string of the molecule is CC(C)(C)c1cc(CC(=O)Cc2ccc(Oc3ccnc4[nH]c(=O)cnc34)c3ccccc23)n(-c2ccc(Cl)c(Cl)c2)n1. The number of rotatable bonds is 7. The minimum Gasteiger partial charge on any atom is -0.454 e. The first-order chi connectivity index (χ1) is 20.6. The van der Waals surface area contributed by atoms with Gasteiger partial charge in [-0.3, -0.25) is 9.59 Å². The van der Waals surface area contributed by atoms with Crippen molar-refractivity contribution in [2.24, 2.45) is 0 Å². The molecule has 43 heavy (non-hydrogen) atoms. The molecule has 0 bridgehead atoms. The van der Waals surface area contributed by atoms with Gasteiger partial charge < -0.3 is 9.72 Å². The number of Topliss-reactive ketones (excluding diaryl/α,β-unsaturated/α-hetero) is 1. The zero-order valence-corrected chi connectivity index (χ0v) is 25.2. The Kier molecular flexibility index (Phi) is 7.50. The van der Waals surface area contributed by atoms with Crippen LogP contribution in [0.15, 0.2) is 83.9 Å². The van der Waals surface area contributed by atoms with Crippen LogP contribution < -0.4 is 10.3 Å².